The number of aromatic nitrogens is 3. The summed E-state index contributed by atoms with van der Waals surface area (Å²) in [5.41, 5.74) is 3.46. The lowest BCUT2D eigenvalue weighted by molar-refractivity contribution is 0.800. The number of H-pyrrole nitrogens is 1. The molecule has 0 amide bonds. The second-order valence-electron chi connectivity index (χ2n) is 4.91. The maximum absolute atomic E-state index is 12.1. The van der Waals surface area contributed by atoms with Crippen LogP contribution in [0.1, 0.15) is 23.4 Å². The van der Waals surface area contributed by atoms with E-state index in [1.54, 1.807) is 0 Å². The largest absolute Gasteiger partial charge is 0.370 e. The molecule has 2 aromatic heterocycles. The lowest BCUT2D eigenvalue weighted by Crippen LogP contribution is -2.24. The molecule has 1 aliphatic heterocycles. The Morgan fingerprint density at radius 3 is 2.63 bits per heavy atom. The number of nitrogens with one attached hydrogen (secondary N) is 2. The van der Waals surface area contributed by atoms with Gasteiger partial charge < -0.3 is 10.3 Å². The molecule has 0 atom stereocenters. The number of rotatable bonds is 1. The van der Waals surface area contributed by atoms with Gasteiger partial charge >= 0.3 is 0 Å². The number of pyridine rings is 1. The first-order valence-corrected chi connectivity index (χ1v) is 6.46. The van der Waals surface area contributed by atoms with Crippen LogP contribution in [0.15, 0.2) is 16.9 Å². The third-order valence-corrected chi connectivity index (χ3v) is 3.27. The molecule has 0 saturated heterocycles. The minimum Gasteiger partial charge on any atom is -0.370 e. The van der Waals surface area contributed by atoms with E-state index in [1.165, 1.54) is 0 Å². The van der Waals surface area contributed by atoms with Gasteiger partial charge in [-0.05, 0) is 38.8 Å². The summed E-state index contributed by atoms with van der Waals surface area (Å²) < 4.78 is 0. The normalized spacial score (nSPS) is 13.8. The van der Waals surface area contributed by atoms with Crippen molar-refractivity contribution >= 4 is 5.82 Å². The molecule has 98 valence electrons. The predicted molar refractivity (Wildman–Crippen MR) is 74.4 cm³/mol. The highest BCUT2D eigenvalue weighted by Gasteiger charge is 2.15. The molecule has 0 aliphatic carbocycles. The van der Waals surface area contributed by atoms with Crippen LogP contribution in [0, 0.1) is 13.8 Å². The molecule has 3 rings (SSSR count). The van der Waals surface area contributed by atoms with Crippen LogP contribution in [0.25, 0.3) is 11.4 Å². The molecule has 0 fully saturated rings. The van der Waals surface area contributed by atoms with Crippen LogP contribution in [0.3, 0.4) is 0 Å². The molecule has 5 nitrogen and oxygen atoms in total. The van der Waals surface area contributed by atoms with Gasteiger partial charge in [-0.3, -0.25) is 9.78 Å². The SMILES string of the molecule is Cc1cc(-c2nc3c(c(=O)[nH]2)CCCN3)cc(C)n1. The van der Waals surface area contributed by atoms with Gasteiger partial charge in [-0.2, -0.15) is 0 Å². The van der Waals surface area contributed by atoms with Crippen molar-refractivity contribution < 1.29 is 0 Å². The lowest BCUT2D eigenvalue weighted by Gasteiger charge is -2.16. The maximum Gasteiger partial charge on any atom is 0.256 e. The second-order valence-corrected chi connectivity index (χ2v) is 4.91. The summed E-state index contributed by atoms with van der Waals surface area (Å²) in [6.45, 7) is 4.74. The van der Waals surface area contributed by atoms with Crippen LogP contribution < -0.4 is 10.9 Å². The summed E-state index contributed by atoms with van der Waals surface area (Å²) in [5.74, 6) is 1.32. The van der Waals surface area contributed by atoms with E-state index < -0.39 is 0 Å². The average molecular weight is 256 g/mol. The van der Waals surface area contributed by atoms with E-state index >= 15 is 0 Å². The molecule has 0 bridgehead atoms. The number of fused-ring (bicyclic) bond motifs is 1. The maximum atomic E-state index is 12.1. The van der Waals surface area contributed by atoms with Crippen molar-refractivity contribution in [3.8, 4) is 11.4 Å². The fourth-order valence-electron chi connectivity index (χ4n) is 2.46. The van der Waals surface area contributed by atoms with Gasteiger partial charge in [-0.1, -0.05) is 0 Å². The van der Waals surface area contributed by atoms with E-state index in [2.05, 4.69) is 20.3 Å². The van der Waals surface area contributed by atoms with Crippen molar-refractivity contribution in [3.05, 3.63) is 39.4 Å². The summed E-state index contributed by atoms with van der Waals surface area (Å²) in [6.07, 6.45) is 1.77. The zero-order chi connectivity index (χ0) is 13.4. The highest BCUT2D eigenvalue weighted by molar-refractivity contribution is 5.59. The van der Waals surface area contributed by atoms with Crippen LogP contribution in [0.5, 0.6) is 0 Å². The van der Waals surface area contributed by atoms with Gasteiger partial charge in [0.2, 0.25) is 0 Å². The van der Waals surface area contributed by atoms with Crippen LogP contribution in [-0.2, 0) is 6.42 Å². The number of anilines is 1. The zero-order valence-corrected chi connectivity index (χ0v) is 11.1. The molecule has 0 spiro atoms. The lowest BCUT2D eigenvalue weighted by atomic mass is 10.1. The molecule has 2 aromatic rings. The minimum atomic E-state index is -0.0423. The van der Waals surface area contributed by atoms with Gasteiger partial charge in [-0.25, -0.2) is 4.98 Å². The molecule has 3 heterocycles. The summed E-state index contributed by atoms with van der Waals surface area (Å²) in [5, 5.41) is 3.20. The van der Waals surface area contributed by atoms with Crippen LogP contribution in [0.2, 0.25) is 0 Å². The van der Waals surface area contributed by atoms with Crippen LogP contribution >= 0.6 is 0 Å². The minimum absolute atomic E-state index is 0.0423. The summed E-state index contributed by atoms with van der Waals surface area (Å²) in [6, 6.07) is 3.86. The number of aromatic amines is 1. The van der Waals surface area contributed by atoms with E-state index in [4.69, 9.17) is 0 Å². The van der Waals surface area contributed by atoms with E-state index in [9.17, 15) is 4.79 Å². The second kappa shape index (κ2) is 4.50. The van der Waals surface area contributed by atoms with Gasteiger partial charge in [0.15, 0.2) is 0 Å². The summed E-state index contributed by atoms with van der Waals surface area (Å²) in [4.78, 5) is 23.8. The Hall–Kier alpha value is -2.17. The molecular weight excluding hydrogens is 240 g/mol. The van der Waals surface area contributed by atoms with Gasteiger partial charge in [0, 0.05) is 23.5 Å². The summed E-state index contributed by atoms with van der Waals surface area (Å²) in [7, 11) is 0. The first-order valence-electron chi connectivity index (χ1n) is 6.46. The average Bonchev–Trinajstić information content (AvgIpc) is 2.37. The number of nitrogens with zero attached hydrogens (tertiary/aromatic N) is 2. The molecule has 0 saturated carbocycles. The summed E-state index contributed by atoms with van der Waals surface area (Å²) >= 11 is 0. The molecule has 0 aromatic carbocycles. The van der Waals surface area contributed by atoms with Crippen molar-refractivity contribution in [2.24, 2.45) is 0 Å². The monoisotopic (exact) mass is 256 g/mol. The Balaban J connectivity index is 2.15. The quantitative estimate of drug-likeness (QED) is 0.816. The molecular formula is C14H16N4O. The van der Waals surface area contributed by atoms with Crippen LogP contribution in [0.4, 0.5) is 5.82 Å². The number of hydrogen-bond acceptors (Lipinski definition) is 4. The molecule has 19 heavy (non-hydrogen) atoms. The number of aryl methyl sites for hydroxylation is 2. The van der Waals surface area contributed by atoms with Crippen molar-refractivity contribution in [1.29, 1.82) is 0 Å². The molecule has 0 radical (unpaired) electrons. The fourth-order valence-corrected chi connectivity index (χ4v) is 2.46. The Bertz CT molecular complexity index is 670. The van der Waals surface area contributed by atoms with E-state index in [0.29, 0.717) is 5.82 Å². The third-order valence-electron chi connectivity index (χ3n) is 3.27. The smallest absolute Gasteiger partial charge is 0.256 e. The highest BCUT2D eigenvalue weighted by atomic mass is 16.1. The molecule has 1 aliphatic rings. The van der Waals surface area contributed by atoms with E-state index in [1.807, 2.05) is 26.0 Å². The number of hydrogen-bond donors (Lipinski definition) is 2. The third kappa shape index (κ3) is 2.23. The van der Waals surface area contributed by atoms with E-state index in [0.717, 1.165) is 47.7 Å². The Kier molecular flexibility index (Phi) is 2.81. The highest BCUT2D eigenvalue weighted by Crippen LogP contribution is 2.21. The molecule has 0 unspecified atom stereocenters. The Morgan fingerprint density at radius 2 is 1.89 bits per heavy atom. The van der Waals surface area contributed by atoms with Gasteiger partial charge in [-0.15, -0.1) is 0 Å². The van der Waals surface area contributed by atoms with Crippen molar-refractivity contribution in [2.45, 2.75) is 26.7 Å². The fraction of sp³-hybridized carbons (Fsp3) is 0.357. The Labute approximate surface area is 111 Å². The van der Waals surface area contributed by atoms with Crippen molar-refractivity contribution in [1.82, 2.24) is 15.0 Å². The van der Waals surface area contributed by atoms with Crippen molar-refractivity contribution in [3.63, 3.8) is 0 Å². The van der Waals surface area contributed by atoms with Gasteiger partial charge in [0.25, 0.3) is 5.56 Å². The first kappa shape index (κ1) is 11.9. The van der Waals surface area contributed by atoms with Gasteiger partial charge in [0.1, 0.15) is 11.6 Å². The van der Waals surface area contributed by atoms with Gasteiger partial charge in [0.05, 0.1) is 5.56 Å². The zero-order valence-electron chi connectivity index (χ0n) is 11.1. The molecule has 5 heteroatoms. The standard InChI is InChI=1S/C14H16N4O/c1-8-6-10(7-9(2)16-8)12-17-13-11(14(19)18-12)4-3-5-15-13/h6-7H,3-5H2,1-2H3,(H2,15,17,18,19). The van der Waals surface area contributed by atoms with Crippen molar-refractivity contribution in [2.75, 3.05) is 11.9 Å². The topological polar surface area (TPSA) is 70.7 Å². The Morgan fingerprint density at radius 1 is 1.16 bits per heavy atom. The molecule has 2 N–H and O–H groups in total. The van der Waals surface area contributed by atoms with E-state index in [-0.39, 0.29) is 5.56 Å². The predicted octanol–water partition coefficient (Wildman–Crippen LogP) is 1.81. The first-order chi connectivity index (χ1) is 9.13. The van der Waals surface area contributed by atoms with Crippen LogP contribution in [-0.4, -0.2) is 21.5 Å².